The van der Waals surface area contributed by atoms with E-state index in [9.17, 15) is 28.2 Å². The summed E-state index contributed by atoms with van der Waals surface area (Å²) in [6, 6.07) is 3.27. The van der Waals surface area contributed by atoms with Gasteiger partial charge >= 0.3 is 5.97 Å². The van der Waals surface area contributed by atoms with Crippen LogP contribution in [0, 0.1) is 11.8 Å². The van der Waals surface area contributed by atoms with Gasteiger partial charge in [0, 0.05) is 54.1 Å². The lowest BCUT2D eigenvalue weighted by molar-refractivity contribution is -0.163. The molecule has 0 unspecified atom stereocenters. The number of pyridine rings is 1. The van der Waals surface area contributed by atoms with E-state index in [1.807, 2.05) is 19.1 Å². The molecule has 3 aliphatic heterocycles. The summed E-state index contributed by atoms with van der Waals surface area (Å²) in [7, 11) is -3.85. The first-order valence-corrected chi connectivity index (χ1v) is 13.5. The summed E-state index contributed by atoms with van der Waals surface area (Å²) in [5.41, 5.74) is 1.02. The Morgan fingerprint density at radius 2 is 2.06 bits per heavy atom. The van der Waals surface area contributed by atoms with Gasteiger partial charge in [-0.25, -0.2) is 14.7 Å². The van der Waals surface area contributed by atoms with E-state index in [0.717, 1.165) is 5.56 Å². The highest BCUT2D eigenvalue weighted by Gasteiger charge is 2.60. The van der Waals surface area contributed by atoms with E-state index >= 15 is 0 Å². The number of nitrogens with one attached hydrogen (secondary N) is 1. The number of nitrogens with zero attached hydrogens (tertiary/aromatic N) is 3. The van der Waals surface area contributed by atoms with Gasteiger partial charge in [0.1, 0.15) is 5.70 Å². The predicted octanol–water partition coefficient (Wildman–Crippen LogP) is -0.295. The second kappa shape index (κ2) is 9.55. The molecule has 2 saturated heterocycles. The van der Waals surface area contributed by atoms with E-state index in [2.05, 4.69) is 14.6 Å². The largest absolute Gasteiger partial charge is 0.477 e. The molecule has 34 heavy (non-hydrogen) atoms. The van der Waals surface area contributed by atoms with E-state index in [1.165, 1.54) is 16.7 Å². The van der Waals surface area contributed by atoms with Crippen LogP contribution in [0.2, 0.25) is 0 Å². The molecule has 1 aromatic rings. The highest BCUT2D eigenvalue weighted by Crippen LogP contribution is 2.52. The molecule has 2 fully saturated rings. The standard InChI is InChI=1S/C21H29N5O6S2/c1-11-17-16(12(2)27)20(28)26(17)18(21(29)30)19(11)33-15-7-14(8-24-34(22,31)32)25(10-15)9-13-3-5-23-6-4-13/h3-6,11-12,14-17,24,27H,7-10H2,1-2H3,(H,29,30)(H2,22,31,32)/t11-,12-,14+,15+,16-,17-/m1/s1. The number of fused-ring (bicyclic) bond motifs is 1. The Bertz CT molecular complexity index is 1100. The van der Waals surface area contributed by atoms with Gasteiger partial charge in [0.25, 0.3) is 10.2 Å². The number of amides is 1. The molecule has 1 amide bonds. The first-order chi connectivity index (χ1) is 16.0. The number of rotatable bonds is 9. The molecule has 0 bridgehead atoms. The van der Waals surface area contributed by atoms with Gasteiger partial charge in [0.2, 0.25) is 5.91 Å². The van der Waals surface area contributed by atoms with Crippen LogP contribution in [0.4, 0.5) is 0 Å². The van der Waals surface area contributed by atoms with Gasteiger partial charge in [0.05, 0.1) is 18.1 Å². The minimum absolute atomic E-state index is 0.00352. The minimum Gasteiger partial charge on any atom is -0.477 e. The normalized spacial score (nSPS) is 30.4. The molecular weight excluding hydrogens is 482 g/mol. The van der Waals surface area contributed by atoms with Gasteiger partial charge < -0.3 is 15.1 Å². The van der Waals surface area contributed by atoms with Gasteiger partial charge in [-0.15, -0.1) is 11.8 Å². The molecule has 3 aliphatic rings. The van der Waals surface area contributed by atoms with Crippen molar-refractivity contribution >= 4 is 33.8 Å². The maximum absolute atomic E-state index is 12.6. The number of hydrogen-bond acceptors (Lipinski definition) is 8. The highest BCUT2D eigenvalue weighted by molar-refractivity contribution is 8.03. The first-order valence-electron chi connectivity index (χ1n) is 11.0. The number of nitrogens with two attached hydrogens (primary N) is 1. The Hall–Kier alpha value is -2.03. The van der Waals surface area contributed by atoms with Crippen LogP contribution in [0.1, 0.15) is 25.8 Å². The Labute approximate surface area is 202 Å². The van der Waals surface area contributed by atoms with E-state index in [-0.39, 0.29) is 41.4 Å². The van der Waals surface area contributed by atoms with Crippen molar-refractivity contribution in [2.45, 2.75) is 50.3 Å². The van der Waals surface area contributed by atoms with Crippen molar-refractivity contribution in [1.29, 1.82) is 0 Å². The number of β-lactam (4-membered cyclic amide) rings is 1. The summed E-state index contributed by atoms with van der Waals surface area (Å²) in [4.78, 5) is 32.8. The lowest BCUT2D eigenvalue weighted by Gasteiger charge is -2.46. The molecule has 186 valence electrons. The maximum Gasteiger partial charge on any atom is 0.353 e. The topological polar surface area (TPSA) is 166 Å². The Kier molecular flexibility index (Phi) is 7.04. The van der Waals surface area contributed by atoms with Gasteiger partial charge in [0.15, 0.2) is 0 Å². The van der Waals surface area contributed by atoms with Crippen LogP contribution in [-0.4, -0.2) is 81.8 Å². The second-order valence-electron chi connectivity index (χ2n) is 9.08. The molecule has 0 radical (unpaired) electrons. The van der Waals surface area contributed by atoms with Crippen molar-refractivity contribution in [3.8, 4) is 0 Å². The number of likely N-dealkylation sites (tertiary alicyclic amines) is 1. The molecule has 13 heteroatoms. The van der Waals surface area contributed by atoms with Crippen LogP contribution in [0.3, 0.4) is 0 Å². The van der Waals surface area contributed by atoms with Crippen LogP contribution >= 0.6 is 11.8 Å². The summed E-state index contributed by atoms with van der Waals surface area (Å²) in [6.07, 6.45) is 3.14. The average Bonchev–Trinajstić information content (AvgIpc) is 3.23. The van der Waals surface area contributed by atoms with Gasteiger partial charge in [-0.05, 0) is 31.0 Å². The number of aliphatic hydroxyl groups is 1. The fraction of sp³-hybridized carbons (Fsp3) is 0.571. The van der Waals surface area contributed by atoms with Crippen molar-refractivity contribution < 1.29 is 28.2 Å². The minimum atomic E-state index is -3.85. The quantitative estimate of drug-likeness (QED) is 0.326. The van der Waals surface area contributed by atoms with E-state index in [1.54, 1.807) is 19.3 Å². The third kappa shape index (κ3) is 4.86. The van der Waals surface area contributed by atoms with Crippen LogP contribution < -0.4 is 9.86 Å². The lowest BCUT2D eigenvalue weighted by Crippen LogP contribution is -2.63. The van der Waals surface area contributed by atoms with Crippen LogP contribution in [-0.2, 0) is 26.3 Å². The summed E-state index contributed by atoms with van der Waals surface area (Å²) in [5.74, 6) is -2.35. The zero-order valence-electron chi connectivity index (χ0n) is 18.9. The molecule has 11 nitrogen and oxygen atoms in total. The number of carboxylic acid groups (broad SMARTS) is 1. The monoisotopic (exact) mass is 511 g/mol. The lowest BCUT2D eigenvalue weighted by atomic mass is 9.79. The third-order valence-corrected chi connectivity index (χ3v) is 8.81. The molecule has 5 N–H and O–H groups in total. The molecular formula is C21H29N5O6S2. The second-order valence-corrected chi connectivity index (χ2v) is 11.8. The number of carbonyl (C=O) groups is 2. The summed E-state index contributed by atoms with van der Waals surface area (Å²) in [6.45, 7) is 4.76. The number of aliphatic hydroxyl groups excluding tert-OH is 1. The number of carboxylic acids is 1. The van der Waals surface area contributed by atoms with E-state index in [4.69, 9.17) is 5.14 Å². The maximum atomic E-state index is 12.6. The number of hydrogen-bond donors (Lipinski definition) is 4. The molecule has 0 saturated carbocycles. The van der Waals surface area contributed by atoms with Crippen molar-refractivity contribution in [3.05, 3.63) is 40.7 Å². The zero-order chi connectivity index (χ0) is 24.8. The molecule has 0 spiro atoms. The zero-order valence-corrected chi connectivity index (χ0v) is 20.5. The number of thioether (sulfide) groups is 1. The highest BCUT2D eigenvalue weighted by atomic mass is 32.2. The van der Waals surface area contributed by atoms with Gasteiger partial charge in [-0.1, -0.05) is 6.92 Å². The van der Waals surface area contributed by atoms with E-state index < -0.39 is 28.2 Å². The van der Waals surface area contributed by atoms with Crippen LogP contribution in [0.15, 0.2) is 35.1 Å². The van der Waals surface area contributed by atoms with Crippen LogP contribution in [0.5, 0.6) is 0 Å². The summed E-state index contributed by atoms with van der Waals surface area (Å²) in [5, 5.41) is 25.0. The number of carbonyl (C=O) groups excluding carboxylic acids is 1. The Morgan fingerprint density at radius 1 is 1.38 bits per heavy atom. The number of aromatic nitrogens is 1. The van der Waals surface area contributed by atoms with E-state index in [0.29, 0.717) is 24.4 Å². The van der Waals surface area contributed by atoms with Crippen molar-refractivity contribution in [3.63, 3.8) is 0 Å². The fourth-order valence-electron chi connectivity index (χ4n) is 5.22. The SMILES string of the molecule is C[C@@H](O)[C@H]1C(=O)N2C(C(=O)O)=C(S[C@H]3C[C@@H](CNS(N)(=O)=O)N(Cc4ccncc4)C3)[C@H](C)[C@H]12. The molecule has 0 aliphatic carbocycles. The third-order valence-electron chi connectivity index (χ3n) is 6.75. The average molecular weight is 512 g/mol. The molecule has 6 atom stereocenters. The molecule has 4 rings (SSSR count). The smallest absolute Gasteiger partial charge is 0.353 e. The number of aliphatic carboxylic acids is 1. The fourth-order valence-corrected chi connectivity index (χ4v) is 7.24. The van der Waals surface area contributed by atoms with Crippen molar-refractivity contribution in [2.75, 3.05) is 13.1 Å². The molecule has 0 aromatic carbocycles. The summed E-state index contributed by atoms with van der Waals surface area (Å²) < 4.78 is 25.3. The van der Waals surface area contributed by atoms with Crippen molar-refractivity contribution in [2.24, 2.45) is 17.0 Å². The van der Waals surface area contributed by atoms with Gasteiger partial charge in [-0.2, -0.15) is 8.42 Å². The Morgan fingerprint density at radius 3 is 2.65 bits per heavy atom. The molecule has 1 aromatic heterocycles. The van der Waals surface area contributed by atoms with Crippen molar-refractivity contribution in [1.82, 2.24) is 19.5 Å². The predicted molar refractivity (Wildman–Crippen MR) is 125 cm³/mol. The first kappa shape index (κ1) is 25.1. The Balaban J connectivity index is 1.54. The molecule has 4 heterocycles. The van der Waals surface area contributed by atoms with Gasteiger partial charge in [-0.3, -0.25) is 14.7 Å². The summed E-state index contributed by atoms with van der Waals surface area (Å²) >= 11 is 1.43. The van der Waals surface area contributed by atoms with Crippen LogP contribution in [0.25, 0.3) is 0 Å².